The minimum atomic E-state index is -1.46. The van der Waals surface area contributed by atoms with E-state index in [0.717, 1.165) is 6.07 Å². The molecule has 104 valence electrons. The number of nitrogens with one attached hydrogen (secondary N) is 2. The molecule has 0 saturated heterocycles. The lowest BCUT2D eigenvalue weighted by Gasteiger charge is -2.17. The van der Waals surface area contributed by atoms with Gasteiger partial charge in [-0.1, -0.05) is 11.6 Å². The first kappa shape index (κ1) is 15.2. The SMILES string of the molecule is CC(O)C(NC(=O)Nc1ccc(Cl)c(F)c1)C(=O)O. The van der Waals surface area contributed by atoms with Crippen molar-refractivity contribution in [3.05, 3.63) is 29.0 Å². The summed E-state index contributed by atoms with van der Waals surface area (Å²) < 4.78 is 13.1. The number of carbonyl (C=O) groups is 2. The molecule has 2 atom stereocenters. The molecule has 0 fully saturated rings. The van der Waals surface area contributed by atoms with Gasteiger partial charge in [0, 0.05) is 5.69 Å². The van der Waals surface area contributed by atoms with E-state index in [1.165, 1.54) is 19.1 Å². The number of hydrogen-bond donors (Lipinski definition) is 4. The summed E-state index contributed by atoms with van der Waals surface area (Å²) in [6.07, 6.45) is -1.27. The van der Waals surface area contributed by atoms with Crippen molar-refractivity contribution in [2.75, 3.05) is 5.32 Å². The maximum Gasteiger partial charge on any atom is 0.328 e. The molecule has 6 nitrogen and oxygen atoms in total. The predicted octanol–water partition coefficient (Wildman–Crippen LogP) is 1.43. The van der Waals surface area contributed by atoms with Gasteiger partial charge < -0.3 is 20.8 Å². The number of halogens is 2. The largest absolute Gasteiger partial charge is 0.480 e. The number of aliphatic carboxylic acids is 1. The highest BCUT2D eigenvalue weighted by molar-refractivity contribution is 6.30. The highest BCUT2D eigenvalue weighted by atomic mass is 35.5. The summed E-state index contributed by atoms with van der Waals surface area (Å²) in [6, 6.07) is 1.24. The van der Waals surface area contributed by atoms with Gasteiger partial charge in [-0.05, 0) is 25.1 Å². The lowest BCUT2D eigenvalue weighted by molar-refractivity contribution is -0.141. The maximum absolute atomic E-state index is 13.1. The van der Waals surface area contributed by atoms with E-state index in [4.69, 9.17) is 16.7 Å². The van der Waals surface area contributed by atoms with Crippen molar-refractivity contribution in [1.82, 2.24) is 5.32 Å². The molecule has 0 aliphatic heterocycles. The number of urea groups is 1. The molecule has 0 aliphatic carbocycles. The number of amides is 2. The van der Waals surface area contributed by atoms with Gasteiger partial charge in [0.2, 0.25) is 0 Å². The normalized spacial score (nSPS) is 13.5. The summed E-state index contributed by atoms with van der Waals surface area (Å²) in [5, 5.41) is 22.1. The van der Waals surface area contributed by atoms with Crippen molar-refractivity contribution in [3.63, 3.8) is 0 Å². The first-order chi connectivity index (χ1) is 8.81. The van der Waals surface area contributed by atoms with E-state index in [2.05, 4.69) is 5.32 Å². The summed E-state index contributed by atoms with van der Waals surface area (Å²) in [5.41, 5.74) is 0.106. The van der Waals surface area contributed by atoms with E-state index in [1.807, 2.05) is 5.32 Å². The van der Waals surface area contributed by atoms with Crippen LogP contribution in [0.25, 0.3) is 0 Å². The van der Waals surface area contributed by atoms with Gasteiger partial charge in [0.1, 0.15) is 5.82 Å². The maximum atomic E-state index is 13.1. The van der Waals surface area contributed by atoms with Crippen molar-refractivity contribution in [1.29, 1.82) is 0 Å². The Morgan fingerprint density at radius 1 is 1.42 bits per heavy atom. The van der Waals surface area contributed by atoms with Crippen LogP contribution >= 0.6 is 11.6 Å². The average molecular weight is 291 g/mol. The molecule has 0 radical (unpaired) electrons. The van der Waals surface area contributed by atoms with Gasteiger partial charge in [-0.15, -0.1) is 0 Å². The lowest BCUT2D eigenvalue weighted by atomic mass is 10.2. The molecule has 4 N–H and O–H groups in total. The third kappa shape index (κ3) is 4.38. The number of carboxylic acids is 1. The van der Waals surface area contributed by atoms with Gasteiger partial charge in [-0.3, -0.25) is 0 Å². The Kier molecular flexibility index (Phi) is 5.08. The summed E-state index contributed by atoms with van der Waals surface area (Å²) >= 11 is 5.47. The third-order valence-electron chi connectivity index (χ3n) is 2.21. The van der Waals surface area contributed by atoms with E-state index in [0.29, 0.717) is 0 Å². The van der Waals surface area contributed by atoms with Crippen LogP contribution in [-0.2, 0) is 4.79 Å². The number of rotatable bonds is 4. The zero-order valence-corrected chi connectivity index (χ0v) is 10.6. The van der Waals surface area contributed by atoms with Gasteiger partial charge in [-0.25, -0.2) is 14.0 Å². The second kappa shape index (κ2) is 6.35. The fourth-order valence-electron chi connectivity index (χ4n) is 1.27. The summed E-state index contributed by atoms with van der Waals surface area (Å²) in [7, 11) is 0. The Morgan fingerprint density at radius 3 is 2.53 bits per heavy atom. The smallest absolute Gasteiger partial charge is 0.328 e. The molecule has 0 spiro atoms. The monoisotopic (exact) mass is 290 g/mol. The van der Waals surface area contributed by atoms with Crippen molar-refractivity contribution in [2.45, 2.75) is 19.1 Å². The molecule has 0 aliphatic rings. The predicted molar refractivity (Wildman–Crippen MR) is 66.7 cm³/mol. The lowest BCUT2D eigenvalue weighted by Crippen LogP contribution is -2.49. The van der Waals surface area contributed by atoms with Crippen LogP contribution in [0.2, 0.25) is 5.02 Å². The fraction of sp³-hybridized carbons (Fsp3) is 0.273. The van der Waals surface area contributed by atoms with Crippen molar-refractivity contribution in [3.8, 4) is 0 Å². The van der Waals surface area contributed by atoms with E-state index >= 15 is 0 Å². The molecule has 1 aromatic rings. The van der Waals surface area contributed by atoms with Crippen LogP contribution in [0.5, 0.6) is 0 Å². The first-order valence-corrected chi connectivity index (χ1v) is 5.62. The molecule has 0 heterocycles. The van der Waals surface area contributed by atoms with Crippen LogP contribution in [0.3, 0.4) is 0 Å². The van der Waals surface area contributed by atoms with Gasteiger partial charge in [0.25, 0.3) is 0 Å². The zero-order valence-electron chi connectivity index (χ0n) is 9.85. The van der Waals surface area contributed by atoms with Gasteiger partial charge in [0.15, 0.2) is 6.04 Å². The molecular formula is C11H12ClFN2O4. The minimum absolute atomic E-state index is 0.0987. The van der Waals surface area contributed by atoms with Crippen LogP contribution in [0, 0.1) is 5.82 Å². The molecule has 0 bridgehead atoms. The average Bonchev–Trinajstić information content (AvgIpc) is 2.30. The van der Waals surface area contributed by atoms with Gasteiger partial charge in [-0.2, -0.15) is 0 Å². The summed E-state index contributed by atoms with van der Waals surface area (Å²) in [6.45, 7) is 1.22. The molecule has 1 rings (SSSR count). The van der Waals surface area contributed by atoms with Gasteiger partial charge in [0.05, 0.1) is 11.1 Å². The van der Waals surface area contributed by atoms with Crippen LogP contribution in [0.1, 0.15) is 6.92 Å². The number of aliphatic hydroxyl groups is 1. The Labute approximate surface area is 113 Å². The molecular weight excluding hydrogens is 279 g/mol. The molecule has 2 amide bonds. The summed E-state index contributed by atoms with van der Waals surface area (Å²) in [4.78, 5) is 22.2. The molecule has 8 heteroatoms. The standard InChI is InChI=1S/C11H12ClFN2O4/c1-5(16)9(10(17)18)15-11(19)14-6-2-3-7(12)8(13)4-6/h2-5,9,16H,1H3,(H,17,18)(H2,14,15,19). The van der Waals surface area contributed by atoms with E-state index in [1.54, 1.807) is 0 Å². The van der Waals surface area contributed by atoms with Crippen molar-refractivity contribution >= 4 is 29.3 Å². The Bertz CT molecular complexity index is 496. The van der Waals surface area contributed by atoms with Crippen LogP contribution in [-0.4, -0.2) is 34.4 Å². The van der Waals surface area contributed by atoms with Crippen LogP contribution < -0.4 is 10.6 Å². The number of carbonyl (C=O) groups excluding carboxylic acids is 1. The van der Waals surface area contributed by atoms with Crippen molar-refractivity contribution in [2.24, 2.45) is 0 Å². The molecule has 19 heavy (non-hydrogen) atoms. The summed E-state index contributed by atoms with van der Waals surface area (Å²) in [5.74, 6) is -2.10. The number of hydrogen-bond acceptors (Lipinski definition) is 3. The highest BCUT2D eigenvalue weighted by Gasteiger charge is 2.24. The molecule has 0 saturated carbocycles. The number of benzene rings is 1. The number of aliphatic hydroxyl groups excluding tert-OH is 1. The highest BCUT2D eigenvalue weighted by Crippen LogP contribution is 2.18. The van der Waals surface area contributed by atoms with Crippen LogP contribution in [0.15, 0.2) is 18.2 Å². The Balaban J connectivity index is 2.69. The first-order valence-electron chi connectivity index (χ1n) is 5.24. The second-order valence-electron chi connectivity index (χ2n) is 3.78. The topological polar surface area (TPSA) is 98.7 Å². The minimum Gasteiger partial charge on any atom is -0.480 e. The Hall–Kier alpha value is -1.86. The quantitative estimate of drug-likeness (QED) is 0.674. The molecule has 1 aromatic carbocycles. The molecule has 2 unspecified atom stereocenters. The zero-order chi connectivity index (χ0) is 14.6. The third-order valence-corrected chi connectivity index (χ3v) is 2.52. The van der Waals surface area contributed by atoms with Crippen molar-refractivity contribution < 1.29 is 24.2 Å². The van der Waals surface area contributed by atoms with E-state index in [-0.39, 0.29) is 10.7 Å². The second-order valence-corrected chi connectivity index (χ2v) is 4.19. The Morgan fingerprint density at radius 2 is 2.05 bits per heavy atom. The number of anilines is 1. The van der Waals surface area contributed by atoms with Crippen LogP contribution in [0.4, 0.5) is 14.9 Å². The number of carboxylic acid groups (broad SMARTS) is 1. The fourth-order valence-corrected chi connectivity index (χ4v) is 1.39. The van der Waals surface area contributed by atoms with E-state index in [9.17, 15) is 19.1 Å². The van der Waals surface area contributed by atoms with E-state index < -0.39 is 30.0 Å². The molecule has 0 aromatic heterocycles. The van der Waals surface area contributed by atoms with Gasteiger partial charge >= 0.3 is 12.0 Å².